The standard InChI is InChI=1S/C21H24N4O3/c1-27-13-15-9-14(3-5-19(15)28-2)18-10-21(26)25-12-17(4-6-20(25)23-18)24-8-7-16(22)11-24/h3-6,9-10,12,16H,7-8,11,13,22H2,1-2H3. The summed E-state index contributed by atoms with van der Waals surface area (Å²) in [5, 5.41) is 0. The summed E-state index contributed by atoms with van der Waals surface area (Å²) in [6.45, 7) is 2.13. The molecule has 2 aromatic heterocycles. The van der Waals surface area contributed by atoms with Gasteiger partial charge in [0.25, 0.3) is 5.56 Å². The summed E-state index contributed by atoms with van der Waals surface area (Å²) in [5.74, 6) is 0.747. The molecule has 1 fully saturated rings. The summed E-state index contributed by atoms with van der Waals surface area (Å²) in [6.07, 6.45) is 2.81. The zero-order valence-electron chi connectivity index (χ0n) is 16.1. The fourth-order valence-electron chi connectivity index (χ4n) is 3.65. The molecule has 4 rings (SSSR count). The van der Waals surface area contributed by atoms with Crippen LogP contribution < -0.4 is 20.9 Å². The summed E-state index contributed by atoms with van der Waals surface area (Å²) in [7, 11) is 3.26. The number of hydrogen-bond donors (Lipinski definition) is 1. The van der Waals surface area contributed by atoms with E-state index in [0.29, 0.717) is 17.9 Å². The normalized spacial score (nSPS) is 16.7. The minimum atomic E-state index is -0.116. The number of methoxy groups -OCH3 is 2. The van der Waals surface area contributed by atoms with Gasteiger partial charge in [0.15, 0.2) is 0 Å². The zero-order valence-corrected chi connectivity index (χ0v) is 16.1. The maximum Gasteiger partial charge on any atom is 0.258 e. The monoisotopic (exact) mass is 380 g/mol. The molecule has 1 saturated heterocycles. The van der Waals surface area contributed by atoms with E-state index in [1.54, 1.807) is 24.7 Å². The Morgan fingerprint density at radius 2 is 2.07 bits per heavy atom. The molecule has 0 spiro atoms. The molecular weight excluding hydrogens is 356 g/mol. The molecule has 0 bridgehead atoms. The van der Waals surface area contributed by atoms with Crippen molar-refractivity contribution < 1.29 is 9.47 Å². The van der Waals surface area contributed by atoms with Crippen molar-refractivity contribution in [3.63, 3.8) is 0 Å². The summed E-state index contributed by atoms with van der Waals surface area (Å²) in [5.41, 5.74) is 9.87. The lowest BCUT2D eigenvalue weighted by atomic mass is 10.1. The molecule has 28 heavy (non-hydrogen) atoms. The first-order valence-electron chi connectivity index (χ1n) is 9.29. The highest BCUT2D eigenvalue weighted by atomic mass is 16.5. The molecule has 1 aliphatic heterocycles. The second-order valence-corrected chi connectivity index (χ2v) is 7.05. The van der Waals surface area contributed by atoms with Crippen molar-refractivity contribution in [1.29, 1.82) is 0 Å². The molecule has 0 aliphatic carbocycles. The Hall–Kier alpha value is -2.90. The van der Waals surface area contributed by atoms with Crippen molar-refractivity contribution in [2.75, 3.05) is 32.2 Å². The highest BCUT2D eigenvalue weighted by Crippen LogP contribution is 2.26. The zero-order chi connectivity index (χ0) is 19.7. The van der Waals surface area contributed by atoms with E-state index in [-0.39, 0.29) is 11.6 Å². The average molecular weight is 380 g/mol. The predicted molar refractivity (Wildman–Crippen MR) is 109 cm³/mol. The number of benzene rings is 1. The average Bonchev–Trinajstić information content (AvgIpc) is 3.14. The predicted octanol–water partition coefficient (Wildman–Crippen LogP) is 2.05. The van der Waals surface area contributed by atoms with E-state index in [1.165, 1.54) is 0 Å². The van der Waals surface area contributed by atoms with Gasteiger partial charge in [-0.05, 0) is 36.8 Å². The number of fused-ring (bicyclic) bond motifs is 1. The van der Waals surface area contributed by atoms with Gasteiger partial charge in [0, 0.05) is 49.6 Å². The quantitative estimate of drug-likeness (QED) is 0.730. The summed E-state index contributed by atoms with van der Waals surface area (Å²) in [4.78, 5) is 19.7. The molecule has 1 aromatic carbocycles. The van der Waals surface area contributed by atoms with Crippen LogP contribution in [-0.2, 0) is 11.3 Å². The van der Waals surface area contributed by atoms with Gasteiger partial charge >= 0.3 is 0 Å². The van der Waals surface area contributed by atoms with E-state index in [4.69, 9.17) is 15.2 Å². The summed E-state index contributed by atoms with van der Waals surface area (Å²) in [6, 6.07) is 11.3. The van der Waals surface area contributed by atoms with Crippen LogP contribution in [0.3, 0.4) is 0 Å². The molecule has 0 radical (unpaired) electrons. The van der Waals surface area contributed by atoms with Gasteiger partial charge in [-0.2, -0.15) is 0 Å². The van der Waals surface area contributed by atoms with Crippen LogP contribution in [0.1, 0.15) is 12.0 Å². The van der Waals surface area contributed by atoms with E-state index in [9.17, 15) is 4.79 Å². The molecule has 1 atom stereocenters. The molecule has 3 heterocycles. The van der Waals surface area contributed by atoms with E-state index >= 15 is 0 Å². The Bertz CT molecular complexity index is 1060. The van der Waals surface area contributed by atoms with Crippen LogP contribution in [0.25, 0.3) is 16.9 Å². The number of hydrogen-bond acceptors (Lipinski definition) is 6. The molecule has 0 amide bonds. The van der Waals surface area contributed by atoms with Gasteiger partial charge in [-0.3, -0.25) is 9.20 Å². The van der Waals surface area contributed by atoms with Crippen LogP contribution in [0.15, 0.2) is 47.4 Å². The number of rotatable bonds is 5. The topological polar surface area (TPSA) is 82.1 Å². The van der Waals surface area contributed by atoms with Crippen molar-refractivity contribution in [3.05, 3.63) is 58.5 Å². The minimum absolute atomic E-state index is 0.116. The summed E-state index contributed by atoms with van der Waals surface area (Å²) >= 11 is 0. The minimum Gasteiger partial charge on any atom is -0.496 e. The number of pyridine rings is 1. The van der Waals surface area contributed by atoms with Gasteiger partial charge in [-0.15, -0.1) is 0 Å². The molecule has 3 aromatic rings. The number of aromatic nitrogens is 2. The van der Waals surface area contributed by atoms with E-state index in [1.807, 2.05) is 36.5 Å². The number of anilines is 1. The molecule has 1 unspecified atom stereocenters. The van der Waals surface area contributed by atoms with Crippen LogP contribution in [0, 0.1) is 0 Å². The fraction of sp³-hybridized carbons (Fsp3) is 0.333. The van der Waals surface area contributed by atoms with Gasteiger partial charge in [0.2, 0.25) is 0 Å². The van der Waals surface area contributed by atoms with E-state index in [0.717, 1.165) is 42.1 Å². The number of ether oxygens (including phenoxy) is 2. The molecule has 0 saturated carbocycles. The van der Waals surface area contributed by atoms with Crippen molar-refractivity contribution in [3.8, 4) is 17.0 Å². The van der Waals surface area contributed by atoms with Crippen molar-refractivity contribution in [2.45, 2.75) is 19.1 Å². The third kappa shape index (κ3) is 3.46. The Kier molecular flexibility index (Phi) is 5.02. The molecular formula is C21H24N4O3. The van der Waals surface area contributed by atoms with Crippen LogP contribution in [0.4, 0.5) is 5.69 Å². The lowest BCUT2D eigenvalue weighted by Crippen LogP contribution is -2.27. The van der Waals surface area contributed by atoms with Gasteiger partial charge in [0.05, 0.1) is 25.1 Å². The van der Waals surface area contributed by atoms with Crippen molar-refractivity contribution in [2.24, 2.45) is 5.73 Å². The first-order chi connectivity index (χ1) is 13.6. The third-order valence-corrected chi connectivity index (χ3v) is 5.11. The van der Waals surface area contributed by atoms with Crippen LogP contribution >= 0.6 is 0 Å². The molecule has 7 nitrogen and oxygen atoms in total. The molecule has 1 aliphatic rings. The fourth-order valence-corrected chi connectivity index (χ4v) is 3.65. The number of nitrogens with zero attached hydrogens (tertiary/aromatic N) is 3. The van der Waals surface area contributed by atoms with Crippen LogP contribution in [-0.4, -0.2) is 42.7 Å². The molecule has 2 N–H and O–H groups in total. The van der Waals surface area contributed by atoms with Crippen molar-refractivity contribution in [1.82, 2.24) is 9.38 Å². The number of nitrogens with two attached hydrogens (primary N) is 1. The van der Waals surface area contributed by atoms with Gasteiger partial charge in [-0.1, -0.05) is 0 Å². The Morgan fingerprint density at radius 1 is 1.21 bits per heavy atom. The van der Waals surface area contributed by atoms with E-state index < -0.39 is 0 Å². The van der Waals surface area contributed by atoms with Gasteiger partial charge in [-0.25, -0.2) is 4.98 Å². The third-order valence-electron chi connectivity index (χ3n) is 5.11. The molecule has 7 heteroatoms. The van der Waals surface area contributed by atoms with Crippen LogP contribution in [0.2, 0.25) is 0 Å². The largest absolute Gasteiger partial charge is 0.496 e. The maximum atomic E-state index is 12.8. The van der Waals surface area contributed by atoms with E-state index in [2.05, 4.69) is 9.88 Å². The first kappa shape index (κ1) is 18.5. The van der Waals surface area contributed by atoms with Crippen molar-refractivity contribution >= 4 is 11.3 Å². The first-order valence-corrected chi connectivity index (χ1v) is 9.29. The summed E-state index contributed by atoms with van der Waals surface area (Å²) < 4.78 is 12.2. The second-order valence-electron chi connectivity index (χ2n) is 7.05. The van der Waals surface area contributed by atoms with Crippen LogP contribution in [0.5, 0.6) is 5.75 Å². The maximum absolute atomic E-state index is 12.8. The highest BCUT2D eigenvalue weighted by molar-refractivity contribution is 5.65. The Morgan fingerprint density at radius 3 is 2.79 bits per heavy atom. The van der Waals surface area contributed by atoms with Gasteiger partial charge < -0.3 is 20.1 Å². The lowest BCUT2D eigenvalue weighted by Gasteiger charge is -2.18. The molecule has 146 valence electrons. The van der Waals surface area contributed by atoms with Gasteiger partial charge in [0.1, 0.15) is 11.4 Å². The Labute approximate surface area is 163 Å². The Balaban J connectivity index is 1.74. The smallest absolute Gasteiger partial charge is 0.258 e. The highest BCUT2D eigenvalue weighted by Gasteiger charge is 2.20. The second kappa shape index (κ2) is 7.61. The SMILES string of the molecule is COCc1cc(-c2cc(=O)n3cc(N4CCC(N)C4)ccc3n2)ccc1OC. The lowest BCUT2D eigenvalue weighted by molar-refractivity contribution is 0.181.